The maximum atomic E-state index is 4.30. The first-order valence-corrected chi connectivity index (χ1v) is 6.61. The molecule has 0 bridgehead atoms. The van der Waals surface area contributed by atoms with Gasteiger partial charge in [-0.1, -0.05) is 0 Å². The molecule has 2 unspecified atom stereocenters. The molecule has 1 aromatic rings. The third-order valence-electron chi connectivity index (χ3n) is 3.85. The number of nitrogens with zero attached hydrogens (tertiary/aromatic N) is 2. The van der Waals surface area contributed by atoms with E-state index >= 15 is 0 Å². The molecule has 0 aromatic carbocycles. The number of rotatable bonds is 4. The van der Waals surface area contributed by atoms with Crippen LogP contribution in [0.1, 0.15) is 37.1 Å². The van der Waals surface area contributed by atoms with Gasteiger partial charge in [0.2, 0.25) is 0 Å². The van der Waals surface area contributed by atoms with E-state index < -0.39 is 0 Å². The number of aryl methyl sites for hydroxylation is 1. The van der Waals surface area contributed by atoms with Gasteiger partial charge in [-0.15, -0.1) is 0 Å². The molecular weight excluding hydrogens is 212 g/mol. The molecule has 1 fully saturated rings. The lowest BCUT2D eigenvalue weighted by Gasteiger charge is -2.24. The number of nitrogens with one attached hydrogen (secondary N) is 2. The Morgan fingerprint density at radius 1 is 1.65 bits per heavy atom. The van der Waals surface area contributed by atoms with E-state index in [4.69, 9.17) is 0 Å². The lowest BCUT2D eigenvalue weighted by molar-refractivity contribution is 0.348. The Labute approximate surface area is 104 Å². The van der Waals surface area contributed by atoms with Gasteiger partial charge in [-0.25, -0.2) is 0 Å². The van der Waals surface area contributed by atoms with Gasteiger partial charge in [-0.3, -0.25) is 4.68 Å². The van der Waals surface area contributed by atoms with Crippen LogP contribution < -0.4 is 10.6 Å². The van der Waals surface area contributed by atoms with E-state index in [0.29, 0.717) is 6.04 Å². The highest BCUT2D eigenvalue weighted by Crippen LogP contribution is 2.17. The largest absolute Gasteiger partial charge is 0.316 e. The van der Waals surface area contributed by atoms with E-state index in [1.165, 1.54) is 30.6 Å². The number of piperidine rings is 1. The average Bonchev–Trinajstić information content (AvgIpc) is 2.69. The summed E-state index contributed by atoms with van der Waals surface area (Å²) in [6, 6.07) is 0.394. The van der Waals surface area contributed by atoms with Crippen molar-refractivity contribution in [2.75, 3.05) is 19.6 Å². The van der Waals surface area contributed by atoms with Crippen LogP contribution in [0, 0.1) is 12.8 Å². The Kier molecular flexibility index (Phi) is 4.18. The summed E-state index contributed by atoms with van der Waals surface area (Å²) in [5.41, 5.74) is 2.57. The third-order valence-corrected chi connectivity index (χ3v) is 3.85. The molecule has 0 aliphatic carbocycles. The topological polar surface area (TPSA) is 41.9 Å². The maximum absolute atomic E-state index is 4.30. The second kappa shape index (κ2) is 5.65. The highest BCUT2D eigenvalue weighted by molar-refractivity contribution is 5.19. The molecule has 0 spiro atoms. The van der Waals surface area contributed by atoms with Crippen LogP contribution in [0.15, 0.2) is 6.20 Å². The molecule has 0 amide bonds. The minimum Gasteiger partial charge on any atom is -0.316 e. The van der Waals surface area contributed by atoms with Gasteiger partial charge in [0.1, 0.15) is 0 Å². The lowest BCUT2D eigenvalue weighted by Crippen LogP contribution is -2.36. The summed E-state index contributed by atoms with van der Waals surface area (Å²) in [6.45, 7) is 7.80. The minimum atomic E-state index is 0.394. The molecular formula is C13H24N4. The summed E-state index contributed by atoms with van der Waals surface area (Å²) in [4.78, 5) is 0. The fraction of sp³-hybridized carbons (Fsp3) is 0.769. The standard InChI is InChI=1S/C13H24N4/c1-10(13-9-16-17(3)11(13)2)15-8-12-5-4-6-14-7-12/h9-10,12,14-15H,4-8H2,1-3H3. The van der Waals surface area contributed by atoms with Crippen molar-refractivity contribution in [3.05, 3.63) is 17.5 Å². The molecule has 1 aliphatic heterocycles. The van der Waals surface area contributed by atoms with Crippen LogP contribution >= 0.6 is 0 Å². The third kappa shape index (κ3) is 3.07. The van der Waals surface area contributed by atoms with E-state index in [2.05, 4.69) is 29.6 Å². The van der Waals surface area contributed by atoms with E-state index in [1.54, 1.807) is 0 Å². The molecule has 17 heavy (non-hydrogen) atoms. The van der Waals surface area contributed by atoms with Gasteiger partial charge in [-0.2, -0.15) is 5.10 Å². The van der Waals surface area contributed by atoms with E-state index in [0.717, 1.165) is 19.0 Å². The Hall–Kier alpha value is -0.870. The molecule has 2 rings (SSSR count). The number of hydrogen-bond donors (Lipinski definition) is 2. The molecule has 4 heteroatoms. The smallest absolute Gasteiger partial charge is 0.0540 e. The molecule has 2 heterocycles. The molecule has 2 atom stereocenters. The number of aromatic nitrogens is 2. The van der Waals surface area contributed by atoms with Crippen LogP contribution in [-0.2, 0) is 7.05 Å². The second-order valence-corrected chi connectivity index (χ2v) is 5.15. The van der Waals surface area contributed by atoms with Gasteiger partial charge in [0.05, 0.1) is 6.20 Å². The second-order valence-electron chi connectivity index (χ2n) is 5.15. The van der Waals surface area contributed by atoms with Gasteiger partial charge in [-0.05, 0) is 52.2 Å². The summed E-state index contributed by atoms with van der Waals surface area (Å²) in [6.07, 6.45) is 4.64. The van der Waals surface area contributed by atoms with Gasteiger partial charge in [0.15, 0.2) is 0 Å². The van der Waals surface area contributed by atoms with Gasteiger partial charge < -0.3 is 10.6 Å². The fourth-order valence-corrected chi connectivity index (χ4v) is 2.49. The van der Waals surface area contributed by atoms with Crippen LogP contribution in [0.5, 0.6) is 0 Å². The summed E-state index contributed by atoms with van der Waals surface area (Å²) in [5.74, 6) is 0.781. The monoisotopic (exact) mass is 236 g/mol. The Bertz CT molecular complexity index is 352. The van der Waals surface area contributed by atoms with Crippen molar-refractivity contribution in [1.82, 2.24) is 20.4 Å². The molecule has 96 valence electrons. The molecule has 1 saturated heterocycles. The zero-order valence-electron chi connectivity index (χ0n) is 11.2. The molecule has 2 N–H and O–H groups in total. The predicted octanol–water partition coefficient (Wildman–Crippen LogP) is 1.38. The number of hydrogen-bond acceptors (Lipinski definition) is 3. The summed E-state index contributed by atoms with van der Waals surface area (Å²) in [7, 11) is 2.00. The van der Waals surface area contributed by atoms with Crippen molar-refractivity contribution in [1.29, 1.82) is 0 Å². The first-order valence-electron chi connectivity index (χ1n) is 6.61. The Morgan fingerprint density at radius 2 is 2.47 bits per heavy atom. The van der Waals surface area contributed by atoms with Gasteiger partial charge >= 0.3 is 0 Å². The lowest BCUT2D eigenvalue weighted by atomic mass is 9.99. The predicted molar refractivity (Wildman–Crippen MR) is 70.0 cm³/mol. The van der Waals surface area contributed by atoms with Crippen LogP contribution in [-0.4, -0.2) is 29.4 Å². The maximum Gasteiger partial charge on any atom is 0.0540 e. The van der Waals surface area contributed by atoms with Crippen molar-refractivity contribution in [3.8, 4) is 0 Å². The van der Waals surface area contributed by atoms with Crippen molar-refractivity contribution in [3.63, 3.8) is 0 Å². The Morgan fingerprint density at radius 3 is 3.06 bits per heavy atom. The molecule has 4 nitrogen and oxygen atoms in total. The minimum absolute atomic E-state index is 0.394. The first kappa shape index (κ1) is 12.6. The van der Waals surface area contributed by atoms with Crippen LogP contribution in [0.25, 0.3) is 0 Å². The van der Waals surface area contributed by atoms with Crippen molar-refractivity contribution in [2.24, 2.45) is 13.0 Å². The summed E-state index contributed by atoms with van der Waals surface area (Å²) in [5, 5.41) is 11.4. The zero-order chi connectivity index (χ0) is 12.3. The van der Waals surface area contributed by atoms with E-state index in [9.17, 15) is 0 Å². The Balaban J connectivity index is 1.84. The van der Waals surface area contributed by atoms with Crippen LogP contribution in [0.2, 0.25) is 0 Å². The van der Waals surface area contributed by atoms with Gasteiger partial charge in [0.25, 0.3) is 0 Å². The average molecular weight is 236 g/mol. The highest BCUT2D eigenvalue weighted by Gasteiger charge is 2.16. The zero-order valence-corrected chi connectivity index (χ0v) is 11.2. The van der Waals surface area contributed by atoms with Crippen LogP contribution in [0.4, 0.5) is 0 Å². The van der Waals surface area contributed by atoms with Crippen molar-refractivity contribution >= 4 is 0 Å². The first-order chi connectivity index (χ1) is 8.18. The normalized spacial score (nSPS) is 22.6. The van der Waals surface area contributed by atoms with Crippen molar-refractivity contribution in [2.45, 2.75) is 32.7 Å². The van der Waals surface area contributed by atoms with Crippen molar-refractivity contribution < 1.29 is 0 Å². The van der Waals surface area contributed by atoms with Crippen LogP contribution in [0.3, 0.4) is 0 Å². The highest BCUT2D eigenvalue weighted by atomic mass is 15.3. The van der Waals surface area contributed by atoms with E-state index in [1.807, 2.05) is 17.9 Å². The molecule has 1 aliphatic rings. The summed E-state index contributed by atoms with van der Waals surface area (Å²) < 4.78 is 1.94. The quantitative estimate of drug-likeness (QED) is 0.830. The van der Waals surface area contributed by atoms with Gasteiger partial charge in [0, 0.05) is 24.3 Å². The molecule has 1 aromatic heterocycles. The fourth-order valence-electron chi connectivity index (χ4n) is 2.49. The SMILES string of the molecule is Cc1c(C(C)NCC2CCCNC2)cnn1C. The van der Waals surface area contributed by atoms with E-state index in [-0.39, 0.29) is 0 Å². The molecule has 0 radical (unpaired) electrons. The molecule has 0 saturated carbocycles. The summed E-state index contributed by atoms with van der Waals surface area (Å²) >= 11 is 0.